The number of rotatable bonds is 5. The summed E-state index contributed by atoms with van der Waals surface area (Å²) in [6, 6.07) is 20.0. The number of para-hydroxylation sites is 1. The highest BCUT2D eigenvalue weighted by atomic mass is 16.7. The van der Waals surface area contributed by atoms with Crippen molar-refractivity contribution in [3.05, 3.63) is 89.0 Å². The highest BCUT2D eigenvalue weighted by Gasteiger charge is 2.50. The number of aliphatic hydroxyl groups is 1. The maximum absolute atomic E-state index is 13.5. The van der Waals surface area contributed by atoms with Gasteiger partial charge in [-0.3, -0.25) is 9.59 Å². The molecule has 0 bridgehead atoms. The second-order valence-corrected chi connectivity index (χ2v) is 9.88. The van der Waals surface area contributed by atoms with E-state index in [1.54, 1.807) is 36.4 Å². The minimum atomic E-state index is -1.92. The summed E-state index contributed by atoms with van der Waals surface area (Å²) in [5.74, 6) is 0.500. The summed E-state index contributed by atoms with van der Waals surface area (Å²) in [4.78, 5) is 28.2. The van der Waals surface area contributed by atoms with Crippen molar-refractivity contribution in [3.63, 3.8) is 0 Å². The summed E-state index contributed by atoms with van der Waals surface area (Å²) >= 11 is 0. The SMILES string of the molecule is CC(C)(C)c1ccc(C(=O)C[C@@]2(O)C(=O)N(Cc3ccc4c(c3)OCO4)c3ccccc32)cc1. The summed E-state index contributed by atoms with van der Waals surface area (Å²) < 4.78 is 10.8. The zero-order valence-electron chi connectivity index (χ0n) is 19.5. The molecule has 0 unspecified atom stereocenters. The van der Waals surface area contributed by atoms with Crippen LogP contribution < -0.4 is 14.4 Å². The van der Waals surface area contributed by atoms with E-state index in [2.05, 4.69) is 20.8 Å². The van der Waals surface area contributed by atoms with Crippen molar-refractivity contribution in [3.8, 4) is 11.5 Å². The summed E-state index contributed by atoms with van der Waals surface area (Å²) in [6.45, 7) is 6.73. The summed E-state index contributed by atoms with van der Waals surface area (Å²) in [7, 11) is 0. The molecule has 2 heterocycles. The second-order valence-electron chi connectivity index (χ2n) is 9.88. The molecule has 3 aromatic carbocycles. The summed E-state index contributed by atoms with van der Waals surface area (Å²) in [6.07, 6.45) is -0.324. The van der Waals surface area contributed by atoms with Gasteiger partial charge in [-0.2, -0.15) is 0 Å². The molecule has 0 saturated carbocycles. The van der Waals surface area contributed by atoms with Gasteiger partial charge in [0.25, 0.3) is 5.91 Å². The van der Waals surface area contributed by atoms with Crippen LogP contribution in [0.15, 0.2) is 66.7 Å². The fourth-order valence-electron chi connectivity index (χ4n) is 4.55. The molecule has 1 N–H and O–H groups in total. The number of hydrogen-bond donors (Lipinski definition) is 1. The monoisotopic (exact) mass is 457 g/mol. The van der Waals surface area contributed by atoms with Crippen molar-refractivity contribution < 1.29 is 24.2 Å². The van der Waals surface area contributed by atoms with Crippen LogP contribution in [0.5, 0.6) is 11.5 Å². The number of ketones is 1. The van der Waals surface area contributed by atoms with Gasteiger partial charge in [0, 0.05) is 11.1 Å². The molecule has 5 rings (SSSR count). The molecule has 0 fully saturated rings. The molecule has 174 valence electrons. The number of carbonyl (C=O) groups excluding carboxylic acids is 2. The summed E-state index contributed by atoms with van der Waals surface area (Å²) in [5.41, 5.74) is 1.51. The standard InChI is InChI=1S/C28H27NO5/c1-27(2,3)20-11-9-19(10-12-20)23(30)15-28(32)21-6-4-5-7-22(21)29(26(28)31)16-18-8-13-24-25(14-18)34-17-33-24/h4-14,32H,15-17H2,1-3H3/t28-/m0/s1. The molecule has 0 radical (unpaired) electrons. The fraction of sp³-hybridized carbons (Fsp3) is 0.286. The first-order valence-electron chi connectivity index (χ1n) is 11.3. The molecule has 6 nitrogen and oxygen atoms in total. The highest BCUT2D eigenvalue weighted by molar-refractivity contribution is 6.10. The third-order valence-electron chi connectivity index (χ3n) is 6.51. The van der Waals surface area contributed by atoms with E-state index in [-0.39, 0.29) is 31.0 Å². The van der Waals surface area contributed by atoms with E-state index in [1.165, 1.54) is 4.90 Å². The van der Waals surface area contributed by atoms with Gasteiger partial charge >= 0.3 is 0 Å². The van der Waals surface area contributed by atoms with Crippen LogP contribution in [0.25, 0.3) is 0 Å². The van der Waals surface area contributed by atoms with Crippen LogP contribution >= 0.6 is 0 Å². The van der Waals surface area contributed by atoms with Gasteiger partial charge in [-0.05, 0) is 34.7 Å². The van der Waals surface area contributed by atoms with Crippen LogP contribution in [0.1, 0.15) is 54.2 Å². The predicted octanol–water partition coefficient (Wildman–Crippen LogP) is 4.72. The normalized spacial score (nSPS) is 18.8. The van der Waals surface area contributed by atoms with Gasteiger partial charge < -0.3 is 19.5 Å². The fourth-order valence-corrected chi connectivity index (χ4v) is 4.55. The molecule has 0 spiro atoms. The Morgan fingerprint density at radius 3 is 2.44 bits per heavy atom. The number of Topliss-reactive ketones (excluding diaryl/α,β-unsaturated/α-hetero) is 1. The van der Waals surface area contributed by atoms with Crippen LogP contribution in [0, 0.1) is 0 Å². The number of carbonyl (C=O) groups is 2. The maximum Gasteiger partial charge on any atom is 0.264 e. The number of anilines is 1. The van der Waals surface area contributed by atoms with Crippen molar-refractivity contribution in [1.29, 1.82) is 0 Å². The van der Waals surface area contributed by atoms with E-state index in [1.807, 2.05) is 30.3 Å². The average Bonchev–Trinajstić information content (AvgIpc) is 3.36. The van der Waals surface area contributed by atoms with E-state index >= 15 is 0 Å². The Kier molecular flexibility index (Phi) is 5.21. The zero-order valence-corrected chi connectivity index (χ0v) is 19.5. The Hall–Kier alpha value is -3.64. The minimum absolute atomic E-state index is 0.0324. The molecule has 0 saturated heterocycles. The van der Waals surface area contributed by atoms with Gasteiger partial charge in [0.05, 0.1) is 18.7 Å². The van der Waals surface area contributed by atoms with Gasteiger partial charge in [-0.25, -0.2) is 0 Å². The number of fused-ring (bicyclic) bond motifs is 2. The zero-order chi connectivity index (χ0) is 24.1. The molecule has 0 aromatic heterocycles. The van der Waals surface area contributed by atoms with Gasteiger partial charge in [0.15, 0.2) is 22.9 Å². The molecule has 1 amide bonds. The topological polar surface area (TPSA) is 76.1 Å². The Balaban J connectivity index is 1.42. The summed E-state index contributed by atoms with van der Waals surface area (Å²) in [5, 5.41) is 11.6. The van der Waals surface area contributed by atoms with E-state index in [0.717, 1.165) is 11.1 Å². The van der Waals surface area contributed by atoms with Crippen LogP contribution in [0.4, 0.5) is 5.69 Å². The van der Waals surface area contributed by atoms with Crippen molar-refractivity contribution in [1.82, 2.24) is 0 Å². The molecule has 6 heteroatoms. The lowest BCUT2D eigenvalue weighted by Gasteiger charge is -2.23. The van der Waals surface area contributed by atoms with Crippen LogP contribution in [-0.4, -0.2) is 23.6 Å². The third kappa shape index (κ3) is 3.74. The van der Waals surface area contributed by atoms with E-state index in [9.17, 15) is 14.7 Å². The van der Waals surface area contributed by atoms with Crippen LogP contribution in [-0.2, 0) is 22.4 Å². The van der Waals surface area contributed by atoms with Gasteiger partial charge in [-0.1, -0.05) is 69.3 Å². The molecule has 3 aromatic rings. The average molecular weight is 458 g/mol. The Labute approximate surface area is 198 Å². The lowest BCUT2D eigenvalue weighted by molar-refractivity contribution is -0.136. The lowest BCUT2D eigenvalue weighted by Crippen LogP contribution is -2.41. The molecular formula is C28H27NO5. The first kappa shape index (κ1) is 22.2. The molecule has 1 atom stereocenters. The van der Waals surface area contributed by atoms with Crippen molar-refractivity contribution in [2.75, 3.05) is 11.7 Å². The first-order valence-corrected chi connectivity index (χ1v) is 11.3. The van der Waals surface area contributed by atoms with Crippen LogP contribution in [0.3, 0.4) is 0 Å². The van der Waals surface area contributed by atoms with Crippen molar-refractivity contribution in [2.45, 2.75) is 44.8 Å². The molecule has 2 aliphatic rings. The predicted molar refractivity (Wildman–Crippen MR) is 128 cm³/mol. The van der Waals surface area contributed by atoms with Crippen molar-refractivity contribution in [2.24, 2.45) is 0 Å². The maximum atomic E-state index is 13.5. The lowest BCUT2D eigenvalue weighted by atomic mass is 9.85. The number of amides is 1. The third-order valence-corrected chi connectivity index (χ3v) is 6.51. The molecule has 34 heavy (non-hydrogen) atoms. The molecule has 2 aliphatic heterocycles. The highest BCUT2D eigenvalue weighted by Crippen LogP contribution is 2.44. The Bertz CT molecular complexity index is 1270. The van der Waals surface area contributed by atoms with Crippen molar-refractivity contribution >= 4 is 17.4 Å². The van der Waals surface area contributed by atoms with E-state index < -0.39 is 11.5 Å². The Morgan fingerprint density at radius 1 is 1.00 bits per heavy atom. The Morgan fingerprint density at radius 2 is 1.71 bits per heavy atom. The van der Waals surface area contributed by atoms with Gasteiger partial charge in [0.2, 0.25) is 6.79 Å². The van der Waals surface area contributed by atoms with Gasteiger partial charge in [-0.15, -0.1) is 0 Å². The van der Waals surface area contributed by atoms with E-state index in [0.29, 0.717) is 28.3 Å². The largest absolute Gasteiger partial charge is 0.454 e. The number of hydrogen-bond acceptors (Lipinski definition) is 5. The smallest absolute Gasteiger partial charge is 0.264 e. The van der Waals surface area contributed by atoms with E-state index in [4.69, 9.17) is 9.47 Å². The van der Waals surface area contributed by atoms with Gasteiger partial charge in [0.1, 0.15) is 0 Å². The first-order chi connectivity index (χ1) is 16.2. The number of nitrogens with zero attached hydrogens (tertiary/aromatic N) is 1. The second kappa shape index (κ2) is 7.99. The van der Waals surface area contributed by atoms with Crippen LogP contribution in [0.2, 0.25) is 0 Å². The molecule has 0 aliphatic carbocycles. The quantitative estimate of drug-likeness (QED) is 0.561. The number of ether oxygens (including phenoxy) is 2. The number of benzene rings is 3. The molecular weight excluding hydrogens is 430 g/mol. The minimum Gasteiger partial charge on any atom is -0.454 e.